The number of H-pyrrole nitrogens is 1. The van der Waals surface area contributed by atoms with Gasteiger partial charge in [0.15, 0.2) is 0 Å². The molecule has 1 unspecified atom stereocenters. The van der Waals surface area contributed by atoms with Crippen molar-refractivity contribution in [2.45, 2.75) is 25.3 Å². The Morgan fingerprint density at radius 3 is 2.33 bits per heavy atom. The van der Waals surface area contributed by atoms with Crippen LogP contribution < -0.4 is 15.9 Å². The van der Waals surface area contributed by atoms with Gasteiger partial charge in [-0.05, 0) is 54.7 Å². The van der Waals surface area contributed by atoms with Gasteiger partial charge in [-0.1, -0.05) is 78.9 Å². The summed E-state index contributed by atoms with van der Waals surface area (Å²) < 4.78 is 5.37. The fraction of sp³-hybridized carbons (Fsp3) is 0.111. The van der Waals surface area contributed by atoms with E-state index in [1.807, 2.05) is 22.7 Å². The van der Waals surface area contributed by atoms with Gasteiger partial charge in [0.05, 0.1) is 15.9 Å². The molecule has 2 N–H and O–H groups in total. The van der Waals surface area contributed by atoms with E-state index < -0.39 is 0 Å². The molecular weight excluding hydrogens is 525 g/mol. The normalized spacial score (nSPS) is 16.6. The Hall–Kier alpha value is -4.12. The van der Waals surface area contributed by atoms with Gasteiger partial charge in [-0.15, -0.1) is 22.7 Å². The molecule has 2 nitrogen and oxygen atoms in total. The van der Waals surface area contributed by atoms with E-state index >= 15 is 0 Å². The van der Waals surface area contributed by atoms with Crippen molar-refractivity contribution in [1.82, 2.24) is 4.98 Å². The second kappa shape index (κ2) is 8.69. The first-order chi connectivity index (χ1) is 19.8. The Kier molecular flexibility index (Phi) is 4.92. The minimum absolute atomic E-state index is 0.292. The number of benzene rings is 4. The summed E-state index contributed by atoms with van der Waals surface area (Å²) >= 11 is 3.80. The molecule has 3 aromatic heterocycles. The minimum atomic E-state index is 0.292. The predicted octanol–water partition coefficient (Wildman–Crippen LogP) is 9.22. The molecule has 2 aliphatic carbocycles. The monoisotopic (exact) mass is 550 g/mol. The number of thiophene rings is 2. The maximum Gasteiger partial charge on any atom is 0.0772 e. The van der Waals surface area contributed by atoms with Gasteiger partial charge in [0.1, 0.15) is 0 Å². The summed E-state index contributed by atoms with van der Waals surface area (Å²) in [6.45, 7) is 0. The lowest BCUT2D eigenvalue weighted by molar-refractivity contribution is 0.886. The zero-order valence-corrected chi connectivity index (χ0v) is 23.5. The maximum absolute atomic E-state index is 3.93. The van der Waals surface area contributed by atoms with Crippen LogP contribution in [0.3, 0.4) is 0 Å². The smallest absolute Gasteiger partial charge is 0.0772 e. The Morgan fingerprint density at radius 1 is 0.700 bits per heavy atom. The third-order valence-corrected chi connectivity index (χ3v) is 10.8. The highest BCUT2D eigenvalue weighted by Gasteiger charge is 2.19. The van der Waals surface area contributed by atoms with Gasteiger partial charge in [0.25, 0.3) is 0 Å². The van der Waals surface area contributed by atoms with Crippen molar-refractivity contribution in [3.05, 3.63) is 102 Å². The van der Waals surface area contributed by atoms with Crippen molar-refractivity contribution in [3.8, 4) is 11.1 Å². The lowest BCUT2D eigenvalue weighted by Crippen LogP contribution is -2.24. The highest BCUT2D eigenvalue weighted by Crippen LogP contribution is 2.44. The summed E-state index contributed by atoms with van der Waals surface area (Å²) in [7, 11) is 0. The van der Waals surface area contributed by atoms with Crippen LogP contribution in [0.2, 0.25) is 0 Å². The maximum atomic E-state index is 3.93. The number of hydrogen-bond acceptors (Lipinski definition) is 3. The van der Waals surface area contributed by atoms with E-state index in [-0.39, 0.29) is 0 Å². The SMILES string of the molecule is C1=CCC(Nc2c3[nH]c4c(c3cc3c2sc2cc(-c5ccc6c(c5)sc5ccccc56)ccc23)=CCCC=4)C=C1. The molecule has 7 aromatic rings. The number of anilines is 1. The van der Waals surface area contributed by atoms with Crippen LogP contribution in [-0.2, 0) is 0 Å². The van der Waals surface area contributed by atoms with Crippen LogP contribution >= 0.6 is 22.7 Å². The van der Waals surface area contributed by atoms with Crippen LogP contribution in [-0.4, -0.2) is 11.0 Å². The molecule has 0 amide bonds. The number of aromatic amines is 1. The molecule has 9 rings (SSSR count). The zero-order valence-electron chi connectivity index (χ0n) is 21.8. The second-order valence-corrected chi connectivity index (χ2v) is 13.0. The number of rotatable bonds is 3. The van der Waals surface area contributed by atoms with Crippen molar-refractivity contribution in [3.63, 3.8) is 0 Å². The first kappa shape index (κ1) is 22.7. The second-order valence-electron chi connectivity index (χ2n) is 10.9. The molecule has 0 saturated carbocycles. The van der Waals surface area contributed by atoms with Crippen molar-refractivity contribution < 1.29 is 0 Å². The quantitative estimate of drug-likeness (QED) is 0.225. The highest BCUT2D eigenvalue weighted by atomic mass is 32.1. The summed E-state index contributed by atoms with van der Waals surface area (Å²) in [5, 5.41) is 13.3. The third kappa shape index (κ3) is 3.39. The number of nitrogens with one attached hydrogen (secondary N) is 2. The summed E-state index contributed by atoms with van der Waals surface area (Å²) in [6.07, 6.45) is 16.8. The number of aromatic nitrogens is 1. The van der Waals surface area contributed by atoms with Gasteiger partial charge in [-0.2, -0.15) is 0 Å². The van der Waals surface area contributed by atoms with Crippen molar-refractivity contribution in [2.75, 3.05) is 5.32 Å². The van der Waals surface area contributed by atoms with E-state index in [9.17, 15) is 0 Å². The molecular formula is C36H26N2S2. The average molecular weight is 551 g/mol. The topological polar surface area (TPSA) is 27.8 Å². The van der Waals surface area contributed by atoms with E-state index in [1.165, 1.54) is 78.6 Å². The molecule has 192 valence electrons. The summed E-state index contributed by atoms with van der Waals surface area (Å²) in [6, 6.07) is 25.4. The lowest BCUT2D eigenvalue weighted by atomic mass is 10.0. The first-order valence-electron chi connectivity index (χ1n) is 14.0. The summed E-state index contributed by atoms with van der Waals surface area (Å²) in [4.78, 5) is 3.79. The van der Waals surface area contributed by atoms with Gasteiger partial charge >= 0.3 is 0 Å². The van der Waals surface area contributed by atoms with E-state index in [0.29, 0.717) is 6.04 Å². The van der Waals surface area contributed by atoms with Crippen molar-refractivity contribution in [2.24, 2.45) is 0 Å². The molecule has 0 bridgehead atoms. The molecule has 40 heavy (non-hydrogen) atoms. The fourth-order valence-electron chi connectivity index (χ4n) is 6.53. The molecule has 4 heteroatoms. The van der Waals surface area contributed by atoms with Crippen LogP contribution in [0.25, 0.3) is 74.5 Å². The van der Waals surface area contributed by atoms with Gasteiger partial charge in [-0.3, -0.25) is 0 Å². The standard InChI is InChI=1S/C36H26N2S2/c1-2-8-23(9-3-1)37-35-34-28(24-10-4-6-12-30(24)38-34)20-29-27-17-15-22(19-33(27)40-36(29)35)21-14-16-26-25-11-5-7-13-31(25)39-32(26)18-21/h1-3,5,7-8,10-20,23,37-38H,4,6,9H2. The number of fused-ring (bicyclic) bond motifs is 9. The predicted molar refractivity (Wildman–Crippen MR) is 177 cm³/mol. The van der Waals surface area contributed by atoms with Crippen LogP contribution in [0.4, 0.5) is 5.69 Å². The van der Waals surface area contributed by atoms with Crippen LogP contribution in [0, 0.1) is 0 Å². The molecule has 3 heterocycles. The Bertz CT molecular complexity index is 2340. The Morgan fingerprint density at radius 2 is 1.48 bits per heavy atom. The molecule has 0 fully saturated rings. The molecule has 2 aliphatic rings. The lowest BCUT2D eigenvalue weighted by Gasteiger charge is -2.18. The number of hydrogen-bond donors (Lipinski definition) is 2. The summed E-state index contributed by atoms with van der Waals surface area (Å²) in [5.74, 6) is 0. The van der Waals surface area contributed by atoms with E-state index in [4.69, 9.17) is 0 Å². The Balaban J connectivity index is 1.25. The van der Waals surface area contributed by atoms with Crippen LogP contribution in [0.1, 0.15) is 19.3 Å². The largest absolute Gasteiger partial charge is 0.376 e. The molecule has 0 aliphatic heterocycles. The Labute approximate surface area is 239 Å². The number of allylic oxidation sites excluding steroid dienone is 2. The van der Waals surface area contributed by atoms with E-state index in [1.54, 1.807) is 0 Å². The molecule has 0 spiro atoms. The molecule has 0 radical (unpaired) electrons. The molecule has 4 aromatic carbocycles. The van der Waals surface area contributed by atoms with Crippen molar-refractivity contribution in [1.29, 1.82) is 0 Å². The summed E-state index contributed by atoms with van der Waals surface area (Å²) in [5.41, 5.74) is 5.03. The van der Waals surface area contributed by atoms with E-state index in [0.717, 1.165) is 19.3 Å². The van der Waals surface area contributed by atoms with Crippen molar-refractivity contribution >= 4 is 91.8 Å². The van der Waals surface area contributed by atoms with E-state index in [2.05, 4.69) is 113 Å². The van der Waals surface area contributed by atoms with Gasteiger partial charge in [0, 0.05) is 57.6 Å². The minimum Gasteiger partial charge on any atom is -0.376 e. The van der Waals surface area contributed by atoms with Crippen LogP contribution in [0.5, 0.6) is 0 Å². The highest BCUT2D eigenvalue weighted by molar-refractivity contribution is 7.26. The zero-order chi connectivity index (χ0) is 26.2. The average Bonchev–Trinajstić information content (AvgIpc) is 3.68. The third-order valence-electron chi connectivity index (χ3n) is 8.49. The first-order valence-corrected chi connectivity index (χ1v) is 15.7. The fourth-order valence-corrected chi connectivity index (χ4v) is 8.91. The van der Waals surface area contributed by atoms with Crippen LogP contribution in [0.15, 0.2) is 91.0 Å². The molecule has 1 atom stereocenters. The van der Waals surface area contributed by atoms with Gasteiger partial charge in [-0.25, -0.2) is 0 Å². The molecule has 0 saturated heterocycles. The van der Waals surface area contributed by atoms with Gasteiger partial charge in [0.2, 0.25) is 0 Å². The van der Waals surface area contributed by atoms with Gasteiger partial charge < -0.3 is 10.3 Å².